The maximum Gasteiger partial charge on any atom is 0.341 e. The number of ether oxygens (including phenoxy) is 1. The molecule has 0 unspecified atom stereocenters. The van der Waals surface area contributed by atoms with Crippen LogP contribution in [-0.2, 0) is 0 Å². The Labute approximate surface area is 143 Å². The molecule has 2 N–H and O–H groups in total. The number of carboxylic acids is 1. The first-order valence-corrected chi connectivity index (χ1v) is 8.51. The number of aromatic nitrogens is 1. The monoisotopic (exact) mass is 346 g/mol. The zero-order chi connectivity index (χ0) is 17.7. The van der Waals surface area contributed by atoms with Crippen LogP contribution in [0.1, 0.15) is 49.0 Å². The van der Waals surface area contributed by atoms with E-state index in [-0.39, 0.29) is 35.3 Å². The van der Waals surface area contributed by atoms with Gasteiger partial charge in [0.05, 0.1) is 16.9 Å². The minimum absolute atomic E-state index is 0.0379. The van der Waals surface area contributed by atoms with Crippen molar-refractivity contribution in [2.75, 3.05) is 11.9 Å². The van der Waals surface area contributed by atoms with Crippen LogP contribution in [0.4, 0.5) is 10.1 Å². The lowest BCUT2D eigenvalue weighted by atomic mass is 10.1. The fraction of sp³-hybridized carbons (Fsp3) is 0.444. The lowest BCUT2D eigenvalue weighted by Gasteiger charge is -2.29. The Bertz CT molecular complexity index is 931. The van der Waals surface area contributed by atoms with Crippen molar-refractivity contribution in [3.05, 3.63) is 33.9 Å². The standard InChI is InChI=1S/C18H19FN2O4/c1-9-8-25-17-14(20-10-4-2-3-5-10)13(19)6-11-15(17)21(9)7-12(16(11)22)18(23)24/h6-7,9-10,20H,2-5,8H2,1H3,(H,23,24)/t9-/m0/s1. The quantitative estimate of drug-likeness (QED) is 0.892. The van der Waals surface area contributed by atoms with E-state index in [4.69, 9.17) is 4.74 Å². The smallest absolute Gasteiger partial charge is 0.341 e. The summed E-state index contributed by atoms with van der Waals surface area (Å²) in [6, 6.07) is 1.16. The van der Waals surface area contributed by atoms with E-state index < -0.39 is 17.2 Å². The van der Waals surface area contributed by atoms with Crippen LogP contribution in [0.15, 0.2) is 17.1 Å². The highest BCUT2D eigenvalue weighted by Gasteiger charge is 2.29. The molecule has 25 heavy (non-hydrogen) atoms. The summed E-state index contributed by atoms with van der Waals surface area (Å²) in [7, 11) is 0. The van der Waals surface area contributed by atoms with E-state index in [1.807, 2.05) is 6.92 Å². The molecule has 0 saturated heterocycles. The molecule has 1 aromatic carbocycles. The Morgan fingerprint density at radius 3 is 2.80 bits per heavy atom. The molecule has 1 aliphatic heterocycles. The highest BCUT2D eigenvalue weighted by atomic mass is 19.1. The third kappa shape index (κ3) is 2.45. The number of anilines is 1. The molecule has 0 spiro atoms. The molecule has 1 saturated carbocycles. The summed E-state index contributed by atoms with van der Waals surface area (Å²) >= 11 is 0. The molecule has 6 nitrogen and oxygen atoms in total. The van der Waals surface area contributed by atoms with Crippen LogP contribution in [0.25, 0.3) is 10.9 Å². The van der Waals surface area contributed by atoms with Gasteiger partial charge in [0.2, 0.25) is 5.43 Å². The number of hydrogen-bond acceptors (Lipinski definition) is 4. The van der Waals surface area contributed by atoms with Crippen molar-refractivity contribution in [3.63, 3.8) is 0 Å². The number of halogens is 1. The van der Waals surface area contributed by atoms with Crippen LogP contribution in [0, 0.1) is 5.82 Å². The van der Waals surface area contributed by atoms with E-state index in [1.165, 1.54) is 6.20 Å². The van der Waals surface area contributed by atoms with Gasteiger partial charge >= 0.3 is 5.97 Å². The highest BCUT2D eigenvalue weighted by Crippen LogP contribution is 2.41. The van der Waals surface area contributed by atoms with Gasteiger partial charge < -0.3 is 19.7 Å². The van der Waals surface area contributed by atoms with E-state index in [1.54, 1.807) is 4.57 Å². The first kappa shape index (κ1) is 15.9. The number of carboxylic acid groups (broad SMARTS) is 1. The second-order valence-electron chi connectivity index (χ2n) is 6.83. The van der Waals surface area contributed by atoms with Crippen molar-refractivity contribution in [1.29, 1.82) is 0 Å². The second-order valence-corrected chi connectivity index (χ2v) is 6.83. The van der Waals surface area contributed by atoms with Gasteiger partial charge in [0, 0.05) is 12.2 Å². The van der Waals surface area contributed by atoms with Crippen molar-refractivity contribution < 1.29 is 19.0 Å². The van der Waals surface area contributed by atoms with E-state index in [2.05, 4.69) is 5.32 Å². The number of rotatable bonds is 3. The Morgan fingerprint density at radius 2 is 2.12 bits per heavy atom. The second kappa shape index (κ2) is 5.75. The van der Waals surface area contributed by atoms with Crippen LogP contribution in [0.3, 0.4) is 0 Å². The maximum absolute atomic E-state index is 14.7. The van der Waals surface area contributed by atoms with Gasteiger partial charge in [-0.15, -0.1) is 0 Å². The molecular weight excluding hydrogens is 327 g/mol. The van der Waals surface area contributed by atoms with Gasteiger partial charge in [-0.1, -0.05) is 12.8 Å². The third-order valence-corrected chi connectivity index (χ3v) is 5.10. The van der Waals surface area contributed by atoms with Gasteiger partial charge in [0.25, 0.3) is 0 Å². The average molecular weight is 346 g/mol. The van der Waals surface area contributed by atoms with Crippen molar-refractivity contribution in [3.8, 4) is 5.75 Å². The molecule has 4 rings (SSSR count). The molecule has 132 valence electrons. The van der Waals surface area contributed by atoms with Crippen LogP contribution < -0.4 is 15.5 Å². The number of nitrogens with one attached hydrogen (secondary N) is 1. The molecule has 0 bridgehead atoms. The van der Waals surface area contributed by atoms with Crippen molar-refractivity contribution in [2.24, 2.45) is 0 Å². The summed E-state index contributed by atoms with van der Waals surface area (Å²) in [5, 5.41) is 12.5. The van der Waals surface area contributed by atoms with Crippen LogP contribution >= 0.6 is 0 Å². The SMILES string of the molecule is C[C@H]1COc2c(NC3CCCC3)c(F)cc3c(=O)c(C(=O)O)cn1c23. The Kier molecular flexibility index (Phi) is 3.67. The van der Waals surface area contributed by atoms with Gasteiger partial charge in [0.15, 0.2) is 11.6 Å². The fourth-order valence-corrected chi connectivity index (χ4v) is 3.79. The van der Waals surface area contributed by atoms with Crippen molar-refractivity contribution >= 4 is 22.6 Å². The molecule has 1 fully saturated rings. The summed E-state index contributed by atoms with van der Waals surface area (Å²) in [4.78, 5) is 23.9. The zero-order valence-electron chi connectivity index (χ0n) is 13.8. The van der Waals surface area contributed by atoms with Gasteiger partial charge in [-0.2, -0.15) is 0 Å². The first-order valence-electron chi connectivity index (χ1n) is 8.51. The van der Waals surface area contributed by atoms with Gasteiger partial charge in [-0.05, 0) is 25.8 Å². The lowest BCUT2D eigenvalue weighted by molar-refractivity contribution is 0.0694. The Morgan fingerprint density at radius 1 is 1.40 bits per heavy atom. The number of benzene rings is 1. The molecule has 2 aromatic rings. The summed E-state index contributed by atoms with van der Waals surface area (Å²) in [6.45, 7) is 2.15. The molecule has 2 aliphatic rings. The minimum Gasteiger partial charge on any atom is -0.487 e. The Hall–Kier alpha value is -2.57. The Balaban J connectivity index is 1.99. The van der Waals surface area contributed by atoms with E-state index >= 15 is 0 Å². The van der Waals surface area contributed by atoms with Crippen LogP contribution in [0.5, 0.6) is 5.75 Å². The molecule has 7 heteroatoms. The normalized spacial score (nSPS) is 19.8. The third-order valence-electron chi connectivity index (χ3n) is 5.10. The predicted molar refractivity (Wildman–Crippen MR) is 91.2 cm³/mol. The number of nitrogens with zero attached hydrogens (tertiary/aromatic N) is 1. The molecule has 1 aromatic heterocycles. The summed E-state index contributed by atoms with van der Waals surface area (Å²) < 4.78 is 22.2. The van der Waals surface area contributed by atoms with Crippen LogP contribution in [-0.4, -0.2) is 28.3 Å². The predicted octanol–water partition coefficient (Wildman–Crippen LogP) is 3.15. The molecule has 0 amide bonds. The molecular formula is C18H19FN2O4. The topological polar surface area (TPSA) is 80.6 Å². The summed E-state index contributed by atoms with van der Waals surface area (Å²) in [6.07, 6.45) is 5.48. The number of aromatic carboxylic acids is 1. The molecule has 2 heterocycles. The molecule has 1 atom stereocenters. The van der Waals surface area contributed by atoms with Gasteiger partial charge in [-0.3, -0.25) is 4.79 Å². The van der Waals surface area contributed by atoms with E-state index in [0.717, 1.165) is 31.7 Å². The van der Waals surface area contributed by atoms with Crippen LogP contribution in [0.2, 0.25) is 0 Å². The van der Waals surface area contributed by atoms with Crippen molar-refractivity contribution in [2.45, 2.75) is 44.7 Å². The largest absolute Gasteiger partial charge is 0.487 e. The highest BCUT2D eigenvalue weighted by molar-refractivity contribution is 5.97. The number of hydrogen-bond donors (Lipinski definition) is 2. The fourth-order valence-electron chi connectivity index (χ4n) is 3.79. The maximum atomic E-state index is 14.7. The zero-order valence-corrected chi connectivity index (χ0v) is 13.8. The molecule has 0 radical (unpaired) electrons. The van der Waals surface area contributed by atoms with Crippen molar-refractivity contribution in [1.82, 2.24) is 4.57 Å². The van der Waals surface area contributed by atoms with Gasteiger partial charge in [-0.25, -0.2) is 9.18 Å². The number of pyridine rings is 1. The summed E-state index contributed by atoms with van der Waals surface area (Å²) in [5.41, 5.74) is -0.328. The minimum atomic E-state index is -1.32. The number of carbonyl (C=O) groups is 1. The average Bonchev–Trinajstić information content (AvgIpc) is 3.08. The molecule has 1 aliphatic carbocycles. The summed E-state index contributed by atoms with van der Waals surface area (Å²) in [5.74, 6) is -1.60. The van der Waals surface area contributed by atoms with Gasteiger partial charge in [0.1, 0.15) is 17.9 Å². The first-order chi connectivity index (χ1) is 12.0. The van der Waals surface area contributed by atoms with E-state index in [9.17, 15) is 19.1 Å². The lowest BCUT2D eigenvalue weighted by Crippen LogP contribution is -2.28. The van der Waals surface area contributed by atoms with E-state index in [0.29, 0.717) is 11.3 Å².